The van der Waals surface area contributed by atoms with Gasteiger partial charge in [-0.05, 0) is 66.3 Å². The normalized spacial score (nSPS) is 14.6. The molecule has 4 heteroatoms. The van der Waals surface area contributed by atoms with E-state index in [9.17, 15) is 4.39 Å². The highest BCUT2D eigenvalue weighted by molar-refractivity contribution is 6.30. The summed E-state index contributed by atoms with van der Waals surface area (Å²) in [6.07, 6.45) is 2.48. The van der Waals surface area contributed by atoms with Crippen LogP contribution in [-0.4, -0.2) is 6.61 Å². The zero-order valence-electron chi connectivity index (χ0n) is 15.5. The van der Waals surface area contributed by atoms with E-state index in [0.717, 1.165) is 10.6 Å². The van der Waals surface area contributed by atoms with E-state index >= 15 is 0 Å². The van der Waals surface area contributed by atoms with Gasteiger partial charge < -0.3 is 9.47 Å². The van der Waals surface area contributed by atoms with E-state index in [-0.39, 0.29) is 11.6 Å². The van der Waals surface area contributed by atoms with Gasteiger partial charge >= 0.3 is 0 Å². The molecule has 2 nitrogen and oxygen atoms in total. The van der Waals surface area contributed by atoms with Crippen molar-refractivity contribution in [3.05, 3.63) is 94.8 Å². The lowest BCUT2D eigenvalue weighted by Crippen LogP contribution is -2.10. The Bertz CT molecular complexity index is 908. The van der Waals surface area contributed by atoms with Crippen LogP contribution in [0.1, 0.15) is 29.9 Å². The second-order valence-electron chi connectivity index (χ2n) is 7.19. The van der Waals surface area contributed by atoms with Gasteiger partial charge in [0.05, 0.1) is 13.2 Å². The van der Waals surface area contributed by atoms with E-state index in [0.29, 0.717) is 30.8 Å². The number of halogens is 2. The minimum atomic E-state index is -0.385. The maximum atomic E-state index is 14.1. The molecule has 0 amide bonds. The molecule has 144 valence electrons. The highest BCUT2D eigenvalue weighted by Crippen LogP contribution is 2.43. The fourth-order valence-corrected chi connectivity index (χ4v) is 3.47. The zero-order chi connectivity index (χ0) is 19.3. The van der Waals surface area contributed by atoms with E-state index in [1.165, 1.54) is 24.5 Å². The van der Waals surface area contributed by atoms with Crippen LogP contribution in [0, 0.1) is 11.7 Å². The first-order valence-electron chi connectivity index (χ1n) is 9.53. The van der Waals surface area contributed by atoms with Gasteiger partial charge in [-0.15, -0.1) is 0 Å². The average molecular weight is 397 g/mol. The van der Waals surface area contributed by atoms with Gasteiger partial charge in [-0.3, -0.25) is 0 Å². The quantitative estimate of drug-likeness (QED) is 0.408. The lowest BCUT2D eigenvalue weighted by Gasteiger charge is -2.17. The van der Waals surface area contributed by atoms with Crippen molar-refractivity contribution in [1.82, 2.24) is 0 Å². The number of rotatable bonds is 8. The molecular weight excluding hydrogens is 375 g/mol. The van der Waals surface area contributed by atoms with E-state index in [2.05, 4.69) is 12.1 Å². The average Bonchev–Trinajstić information content (AvgIpc) is 3.54. The van der Waals surface area contributed by atoms with Crippen LogP contribution in [0.2, 0.25) is 5.02 Å². The minimum Gasteiger partial charge on any atom is -0.454 e. The molecule has 4 rings (SSSR count). The predicted molar refractivity (Wildman–Crippen MR) is 109 cm³/mol. The third-order valence-corrected chi connectivity index (χ3v) is 5.27. The molecular formula is C24H22ClFO2. The number of hydrogen-bond donors (Lipinski definition) is 0. The first-order chi connectivity index (χ1) is 13.7. The maximum absolute atomic E-state index is 14.1. The molecule has 28 heavy (non-hydrogen) atoms. The van der Waals surface area contributed by atoms with Crippen molar-refractivity contribution in [2.75, 3.05) is 6.61 Å². The first kappa shape index (κ1) is 19.0. The summed E-state index contributed by atoms with van der Waals surface area (Å²) in [5, 5.41) is 0.747. The molecule has 0 N–H and O–H groups in total. The van der Waals surface area contributed by atoms with Gasteiger partial charge in [-0.25, -0.2) is 4.39 Å². The van der Waals surface area contributed by atoms with Crippen molar-refractivity contribution in [2.24, 2.45) is 5.92 Å². The van der Waals surface area contributed by atoms with Crippen LogP contribution >= 0.6 is 11.6 Å². The van der Waals surface area contributed by atoms with Gasteiger partial charge in [-0.2, -0.15) is 0 Å². The van der Waals surface area contributed by atoms with Crippen molar-refractivity contribution in [3.8, 4) is 11.5 Å². The molecule has 0 aliphatic heterocycles. The van der Waals surface area contributed by atoms with Crippen LogP contribution in [0.15, 0.2) is 72.8 Å². The molecule has 0 saturated heterocycles. The van der Waals surface area contributed by atoms with Crippen LogP contribution in [0.3, 0.4) is 0 Å². The molecule has 1 saturated carbocycles. The largest absolute Gasteiger partial charge is 0.454 e. The van der Waals surface area contributed by atoms with Gasteiger partial charge in [0.15, 0.2) is 11.6 Å². The molecule has 1 aliphatic rings. The van der Waals surface area contributed by atoms with Crippen LogP contribution in [0.25, 0.3) is 0 Å². The minimum absolute atomic E-state index is 0.212. The van der Waals surface area contributed by atoms with E-state index in [4.69, 9.17) is 21.1 Å². The van der Waals surface area contributed by atoms with Gasteiger partial charge in [0.2, 0.25) is 0 Å². The third kappa shape index (κ3) is 4.92. The molecule has 3 aromatic carbocycles. The number of para-hydroxylation sites is 1. The molecule has 0 spiro atoms. The highest BCUT2D eigenvalue weighted by atomic mass is 35.5. The molecule has 0 bridgehead atoms. The lowest BCUT2D eigenvalue weighted by molar-refractivity contribution is 0.101. The van der Waals surface area contributed by atoms with Gasteiger partial charge in [0.25, 0.3) is 0 Å². The van der Waals surface area contributed by atoms with Crippen LogP contribution in [-0.2, 0) is 11.3 Å². The summed E-state index contributed by atoms with van der Waals surface area (Å²) >= 11 is 6.01. The summed E-state index contributed by atoms with van der Waals surface area (Å²) in [7, 11) is 0. The standard InChI is InChI=1S/C24H22ClFO2/c25-20-11-9-19(10-12-20)22(18-7-8-18)16-27-15-17-6-13-23(26)24(14-17)28-21-4-2-1-3-5-21/h1-6,9-14,18,22H,7-8,15-16H2. The fourth-order valence-electron chi connectivity index (χ4n) is 3.35. The molecule has 1 fully saturated rings. The van der Waals surface area contributed by atoms with Crippen LogP contribution in [0.4, 0.5) is 4.39 Å². The van der Waals surface area contributed by atoms with Gasteiger partial charge in [0, 0.05) is 10.9 Å². The SMILES string of the molecule is Fc1ccc(COCC(c2ccc(Cl)cc2)C2CC2)cc1Oc1ccccc1. The molecule has 1 aliphatic carbocycles. The fraction of sp³-hybridized carbons (Fsp3) is 0.250. The van der Waals surface area contributed by atoms with Crippen molar-refractivity contribution in [1.29, 1.82) is 0 Å². The monoisotopic (exact) mass is 396 g/mol. The summed E-state index contributed by atoms with van der Waals surface area (Å²) < 4.78 is 25.8. The summed E-state index contributed by atoms with van der Waals surface area (Å²) in [4.78, 5) is 0. The summed E-state index contributed by atoms with van der Waals surface area (Å²) in [6.45, 7) is 1.06. The zero-order valence-corrected chi connectivity index (χ0v) is 16.2. The Balaban J connectivity index is 1.39. The predicted octanol–water partition coefficient (Wildman–Crippen LogP) is 6.98. The van der Waals surface area contributed by atoms with E-state index < -0.39 is 0 Å². The Morgan fingerprint density at radius 1 is 0.964 bits per heavy atom. The van der Waals surface area contributed by atoms with Crippen molar-refractivity contribution >= 4 is 11.6 Å². The van der Waals surface area contributed by atoms with Crippen molar-refractivity contribution in [2.45, 2.75) is 25.4 Å². The summed E-state index contributed by atoms with van der Waals surface area (Å²) in [5.74, 6) is 1.48. The van der Waals surface area contributed by atoms with Crippen molar-refractivity contribution in [3.63, 3.8) is 0 Å². The Morgan fingerprint density at radius 3 is 2.43 bits per heavy atom. The highest BCUT2D eigenvalue weighted by Gasteiger charge is 2.32. The van der Waals surface area contributed by atoms with Crippen LogP contribution < -0.4 is 4.74 Å². The summed E-state index contributed by atoms with van der Waals surface area (Å²) in [5.41, 5.74) is 2.15. The first-order valence-corrected chi connectivity index (χ1v) is 9.91. The maximum Gasteiger partial charge on any atom is 0.165 e. The molecule has 1 atom stereocenters. The lowest BCUT2D eigenvalue weighted by atomic mass is 9.95. The summed E-state index contributed by atoms with van der Waals surface area (Å²) in [6, 6.07) is 22.1. The molecule has 1 unspecified atom stereocenters. The van der Waals surface area contributed by atoms with Crippen molar-refractivity contribution < 1.29 is 13.9 Å². The second kappa shape index (κ2) is 8.76. The Kier molecular flexibility index (Phi) is 5.94. The van der Waals surface area contributed by atoms with E-state index in [1.807, 2.05) is 30.3 Å². The Hall–Kier alpha value is -2.36. The topological polar surface area (TPSA) is 18.5 Å². The second-order valence-corrected chi connectivity index (χ2v) is 7.63. The molecule has 0 aromatic heterocycles. The molecule has 3 aromatic rings. The smallest absolute Gasteiger partial charge is 0.165 e. The number of hydrogen-bond acceptors (Lipinski definition) is 2. The Morgan fingerprint density at radius 2 is 1.71 bits per heavy atom. The van der Waals surface area contributed by atoms with Crippen LogP contribution in [0.5, 0.6) is 11.5 Å². The Labute approximate surface area is 169 Å². The van der Waals surface area contributed by atoms with Gasteiger partial charge in [-0.1, -0.05) is 48.0 Å². The third-order valence-electron chi connectivity index (χ3n) is 5.02. The molecule has 0 radical (unpaired) electrons. The number of benzene rings is 3. The number of ether oxygens (including phenoxy) is 2. The van der Waals surface area contributed by atoms with Gasteiger partial charge in [0.1, 0.15) is 5.75 Å². The molecule has 0 heterocycles. The van der Waals surface area contributed by atoms with E-state index in [1.54, 1.807) is 24.3 Å².